The molecule has 0 fully saturated rings. The van der Waals surface area contributed by atoms with Gasteiger partial charge in [-0.2, -0.15) is 0 Å². The number of methoxy groups -OCH3 is 2. The first-order valence-corrected chi connectivity index (χ1v) is 7.64. The number of halogens is 1. The fourth-order valence-electron chi connectivity index (χ4n) is 1.95. The molecule has 7 nitrogen and oxygen atoms in total. The summed E-state index contributed by atoms with van der Waals surface area (Å²) in [6, 6.07) is 9.72. The van der Waals surface area contributed by atoms with E-state index in [1.165, 1.54) is 18.3 Å². The summed E-state index contributed by atoms with van der Waals surface area (Å²) in [5, 5.41) is 14.6. The van der Waals surface area contributed by atoms with E-state index >= 15 is 0 Å². The number of nitro groups is 1. The molecule has 0 aliphatic heterocycles. The lowest BCUT2D eigenvalue weighted by Crippen LogP contribution is -1.95. The molecule has 0 atom stereocenters. The van der Waals surface area contributed by atoms with Crippen LogP contribution in [0.15, 0.2) is 46.0 Å². The first-order valence-electron chi connectivity index (χ1n) is 6.85. The van der Waals surface area contributed by atoms with Crippen molar-refractivity contribution in [3.63, 3.8) is 0 Å². The molecular weight excluding hydrogens is 380 g/mol. The lowest BCUT2D eigenvalue weighted by atomic mass is 10.2. The molecule has 0 amide bonds. The molecule has 8 heteroatoms. The van der Waals surface area contributed by atoms with E-state index in [1.54, 1.807) is 38.5 Å². The van der Waals surface area contributed by atoms with Crippen molar-refractivity contribution in [2.45, 2.75) is 6.61 Å². The molecule has 0 spiro atoms. The lowest BCUT2D eigenvalue weighted by molar-refractivity contribution is -0.384. The highest BCUT2D eigenvalue weighted by molar-refractivity contribution is 9.10. The van der Waals surface area contributed by atoms with Gasteiger partial charge in [0.25, 0.3) is 5.69 Å². The minimum absolute atomic E-state index is 0.0147. The van der Waals surface area contributed by atoms with Crippen LogP contribution >= 0.6 is 15.9 Å². The maximum absolute atomic E-state index is 10.7. The number of nitro benzene ring substituents is 1. The Morgan fingerprint density at radius 2 is 1.96 bits per heavy atom. The summed E-state index contributed by atoms with van der Waals surface area (Å²) in [6.07, 6.45) is 1.50. The van der Waals surface area contributed by atoms with Crippen LogP contribution in [-0.2, 0) is 11.4 Å². The fraction of sp³-hybridized carbons (Fsp3) is 0.188. The van der Waals surface area contributed by atoms with Crippen molar-refractivity contribution in [3.05, 3.63) is 62.1 Å². The molecule has 0 aromatic heterocycles. The third-order valence-corrected chi connectivity index (χ3v) is 3.74. The van der Waals surface area contributed by atoms with Crippen molar-refractivity contribution < 1.29 is 19.2 Å². The number of oxime groups is 1. The van der Waals surface area contributed by atoms with E-state index in [4.69, 9.17) is 14.3 Å². The summed E-state index contributed by atoms with van der Waals surface area (Å²) in [6.45, 7) is 0.123. The number of benzene rings is 2. The molecule has 0 heterocycles. The Bertz CT molecular complexity index is 764. The zero-order chi connectivity index (χ0) is 17.5. The van der Waals surface area contributed by atoms with E-state index in [-0.39, 0.29) is 12.3 Å². The zero-order valence-electron chi connectivity index (χ0n) is 13.1. The molecule has 0 saturated heterocycles. The Balaban J connectivity index is 2.05. The molecule has 0 bridgehead atoms. The first kappa shape index (κ1) is 17.7. The highest BCUT2D eigenvalue weighted by atomic mass is 79.9. The number of hydrogen-bond donors (Lipinski definition) is 0. The minimum Gasteiger partial charge on any atom is -0.496 e. The zero-order valence-corrected chi connectivity index (χ0v) is 14.6. The van der Waals surface area contributed by atoms with Gasteiger partial charge in [0.15, 0.2) is 0 Å². The van der Waals surface area contributed by atoms with Gasteiger partial charge in [0.1, 0.15) is 18.1 Å². The second-order valence-electron chi connectivity index (χ2n) is 4.66. The minimum atomic E-state index is -0.452. The summed E-state index contributed by atoms with van der Waals surface area (Å²) >= 11 is 3.39. The predicted molar refractivity (Wildman–Crippen MR) is 92.7 cm³/mol. The Kier molecular flexibility index (Phi) is 6.14. The third-order valence-electron chi connectivity index (χ3n) is 3.12. The predicted octanol–water partition coefficient (Wildman–Crippen LogP) is 3.93. The summed E-state index contributed by atoms with van der Waals surface area (Å²) in [7, 11) is 3.11. The molecule has 0 unspecified atom stereocenters. The van der Waals surface area contributed by atoms with E-state index in [2.05, 4.69) is 21.1 Å². The van der Waals surface area contributed by atoms with E-state index in [9.17, 15) is 10.1 Å². The molecule has 24 heavy (non-hydrogen) atoms. The summed E-state index contributed by atoms with van der Waals surface area (Å²) < 4.78 is 11.2. The van der Waals surface area contributed by atoms with Gasteiger partial charge >= 0.3 is 0 Å². The van der Waals surface area contributed by atoms with Crippen molar-refractivity contribution in [2.75, 3.05) is 14.2 Å². The van der Waals surface area contributed by atoms with Crippen LogP contribution in [0.4, 0.5) is 5.69 Å². The van der Waals surface area contributed by atoms with E-state index in [1.807, 2.05) is 0 Å². The second kappa shape index (κ2) is 8.30. The largest absolute Gasteiger partial charge is 0.496 e. The van der Waals surface area contributed by atoms with Crippen LogP contribution < -0.4 is 9.47 Å². The maximum atomic E-state index is 10.7. The van der Waals surface area contributed by atoms with Crippen LogP contribution in [-0.4, -0.2) is 25.4 Å². The van der Waals surface area contributed by atoms with Crippen molar-refractivity contribution in [1.29, 1.82) is 0 Å². The highest BCUT2D eigenvalue weighted by Crippen LogP contribution is 2.32. The van der Waals surface area contributed by atoms with Gasteiger partial charge in [-0.15, -0.1) is 0 Å². The van der Waals surface area contributed by atoms with Crippen molar-refractivity contribution >= 4 is 27.8 Å². The quantitative estimate of drug-likeness (QED) is 0.403. The first-order chi connectivity index (χ1) is 11.5. The van der Waals surface area contributed by atoms with Gasteiger partial charge in [0.05, 0.1) is 29.8 Å². The average molecular weight is 395 g/mol. The standard InChI is InChI=1S/C16H15BrN2O5/c1-22-15-8-16(23-2)14(17)7-12(15)9-18-24-10-11-4-3-5-13(6-11)19(20)21/h3-9H,10H2,1-2H3/b18-9-. The van der Waals surface area contributed by atoms with Crippen LogP contribution in [0, 0.1) is 10.1 Å². The third kappa shape index (κ3) is 4.45. The summed E-state index contributed by atoms with van der Waals surface area (Å²) in [5.41, 5.74) is 1.37. The van der Waals surface area contributed by atoms with Crippen LogP contribution in [0.5, 0.6) is 11.5 Å². The monoisotopic (exact) mass is 394 g/mol. The number of non-ortho nitro benzene ring substituents is 1. The summed E-state index contributed by atoms with van der Waals surface area (Å²) in [5.74, 6) is 1.22. The molecule has 126 valence electrons. The molecule has 2 rings (SSSR count). The Morgan fingerprint density at radius 1 is 1.21 bits per heavy atom. The van der Waals surface area contributed by atoms with Crippen LogP contribution in [0.1, 0.15) is 11.1 Å². The molecule has 0 aliphatic carbocycles. The van der Waals surface area contributed by atoms with E-state index < -0.39 is 4.92 Å². The number of hydrogen-bond acceptors (Lipinski definition) is 6. The Morgan fingerprint density at radius 3 is 2.62 bits per heavy atom. The number of ether oxygens (including phenoxy) is 2. The van der Waals surface area contributed by atoms with E-state index in [0.717, 1.165) is 4.47 Å². The molecule has 0 N–H and O–H groups in total. The summed E-state index contributed by atoms with van der Waals surface area (Å²) in [4.78, 5) is 15.5. The van der Waals surface area contributed by atoms with Crippen molar-refractivity contribution in [1.82, 2.24) is 0 Å². The highest BCUT2D eigenvalue weighted by Gasteiger charge is 2.08. The van der Waals surface area contributed by atoms with Gasteiger partial charge in [0, 0.05) is 23.8 Å². The fourth-order valence-corrected chi connectivity index (χ4v) is 2.47. The van der Waals surface area contributed by atoms with Gasteiger partial charge < -0.3 is 14.3 Å². The maximum Gasteiger partial charge on any atom is 0.269 e. The number of nitrogens with zero attached hydrogens (tertiary/aromatic N) is 2. The van der Waals surface area contributed by atoms with Gasteiger partial charge in [0.2, 0.25) is 0 Å². The van der Waals surface area contributed by atoms with E-state index in [0.29, 0.717) is 22.6 Å². The van der Waals surface area contributed by atoms with Gasteiger partial charge in [-0.25, -0.2) is 0 Å². The number of rotatable bonds is 7. The van der Waals surface area contributed by atoms with Crippen LogP contribution in [0.2, 0.25) is 0 Å². The smallest absolute Gasteiger partial charge is 0.269 e. The van der Waals surface area contributed by atoms with Crippen molar-refractivity contribution in [2.24, 2.45) is 5.16 Å². The molecule has 0 aliphatic rings. The Labute approximate surface area is 147 Å². The second-order valence-corrected chi connectivity index (χ2v) is 5.52. The van der Waals surface area contributed by atoms with Crippen LogP contribution in [0.25, 0.3) is 0 Å². The van der Waals surface area contributed by atoms with Gasteiger partial charge in [-0.1, -0.05) is 17.3 Å². The lowest BCUT2D eigenvalue weighted by Gasteiger charge is -2.09. The molecule has 0 saturated carbocycles. The Hall–Kier alpha value is -2.61. The van der Waals surface area contributed by atoms with Crippen molar-refractivity contribution in [3.8, 4) is 11.5 Å². The molecule has 2 aromatic rings. The average Bonchev–Trinajstić information content (AvgIpc) is 2.59. The topological polar surface area (TPSA) is 83.2 Å². The normalized spacial score (nSPS) is 10.6. The van der Waals surface area contributed by atoms with Gasteiger partial charge in [-0.3, -0.25) is 10.1 Å². The molecular formula is C16H15BrN2O5. The van der Waals surface area contributed by atoms with Crippen LogP contribution in [0.3, 0.4) is 0 Å². The van der Waals surface area contributed by atoms with Gasteiger partial charge in [-0.05, 0) is 27.6 Å². The SMILES string of the molecule is COc1cc(OC)c(/C=N\OCc2cccc([N+](=O)[O-])c2)cc1Br. The molecule has 0 radical (unpaired) electrons. The molecule has 2 aromatic carbocycles.